The van der Waals surface area contributed by atoms with Gasteiger partial charge in [0.25, 0.3) is 0 Å². The lowest BCUT2D eigenvalue weighted by molar-refractivity contribution is -0.0446. The van der Waals surface area contributed by atoms with Crippen molar-refractivity contribution in [2.24, 2.45) is 0 Å². The molecule has 4 nitrogen and oxygen atoms in total. The lowest BCUT2D eigenvalue weighted by Gasteiger charge is -2.43. The summed E-state index contributed by atoms with van der Waals surface area (Å²) in [5, 5.41) is 0. The summed E-state index contributed by atoms with van der Waals surface area (Å²) in [7, 11) is 0.492. The van der Waals surface area contributed by atoms with E-state index in [2.05, 4.69) is 43.5 Å². The Hall–Kier alpha value is 0.491. The number of methoxy groups -OCH3 is 2. The van der Waals surface area contributed by atoms with E-state index >= 15 is 0 Å². The second-order valence-electron chi connectivity index (χ2n) is 6.85. The van der Waals surface area contributed by atoms with E-state index in [1.54, 1.807) is 14.2 Å². The predicted molar refractivity (Wildman–Crippen MR) is 90.5 cm³/mol. The zero-order valence-electron chi connectivity index (χ0n) is 14.1. The van der Waals surface area contributed by atoms with Crippen molar-refractivity contribution >= 4 is 26.0 Å². The maximum Gasteiger partial charge on any atom is 0.134 e. The van der Waals surface area contributed by atoms with E-state index in [4.69, 9.17) is 14.2 Å². The SMILES string of the molecule is COC(OC)[SiH2]CCOCN([Si](C)(C)C)[Si](C)(C)C. The van der Waals surface area contributed by atoms with E-state index < -0.39 is 16.5 Å². The van der Waals surface area contributed by atoms with E-state index in [-0.39, 0.29) is 15.4 Å². The minimum absolute atomic E-state index is 0.0358. The lowest BCUT2D eigenvalue weighted by atomic mass is 10.8. The maximum atomic E-state index is 5.91. The van der Waals surface area contributed by atoms with Crippen LogP contribution in [-0.4, -0.2) is 63.7 Å². The summed E-state index contributed by atoms with van der Waals surface area (Å²) >= 11 is 0. The van der Waals surface area contributed by atoms with Gasteiger partial charge in [-0.25, -0.2) is 0 Å². The molecule has 0 saturated heterocycles. The number of rotatable bonds is 10. The Balaban J connectivity index is 4.03. The molecular formula is C12H33NO3Si3. The molecule has 0 aliphatic rings. The molecule has 0 saturated carbocycles. The highest BCUT2D eigenvalue weighted by Crippen LogP contribution is 2.19. The van der Waals surface area contributed by atoms with Crippen molar-refractivity contribution in [1.29, 1.82) is 0 Å². The average molecular weight is 324 g/mol. The minimum Gasteiger partial charge on any atom is -0.368 e. The molecule has 0 aromatic heterocycles. The van der Waals surface area contributed by atoms with E-state index in [0.717, 1.165) is 19.4 Å². The molecule has 0 fully saturated rings. The lowest BCUT2D eigenvalue weighted by Crippen LogP contribution is -2.59. The van der Waals surface area contributed by atoms with Crippen LogP contribution in [0.1, 0.15) is 0 Å². The Kier molecular flexibility index (Phi) is 8.93. The van der Waals surface area contributed by atoms with E-state index in [1.807, 2.05) is 0 Å². The van der Waals surface area contributed by atoms with Gasteiger partial charge in [-0.05, 0) is 6.04 Å². The van der Waals surface area contributed by atoms with Gasteiger partial charge in [0, 0.05) is 20.8 Å². The van der Waals surface area contributed by atoms with E-state index in [9.17, 15) is 0 Å². The van der Waals surface area contributed by atoms with Gasteiger partial charge >= 0.3 is 0 Å². The van der Waals surface area contributed by atoms with Crippen molar-refractivity contribution in [1.82, 2.24) is 4.23 Å². The van der Waals surface area contributed by atoms with Crippen molar-refractivity contribution in [3.63, 3.8) is 0 Å². The molecule has 0 radical (unpaired) electrons. The van der Waals surface area contributed by atoms with E-state index in [1.165, 1.54) is 0 Å². The van der Waals surface area contributed by atoms with Crippen LogP contribution < -0.4 is 0 Å². The topological polar surface area (TPSA) is 30.9 Å². The third-order valence-corrected chi connectivity index (χ3v) is 12.5. The summed E-state index contributed by atoms with van der Waals surface area (Å²) in [5.41, 5.74) is 0. The van der Waals surface area contributed by atoms with Crippen LogP contribution >= 0.6 is 0 Å². The summed E-state index contributed by atoms with van der Waals surface area (Å²) in [6.45, 7) is 16.0. The molecule has 0 amide bonds. The Labute approximate surface area is 123 Å². The standard InChI is InChI=1S/C12H33NO3Si3/c1-14-12(15-2)17-10-9-16-11-13(18(3,4)5)19(6,7)8/h12H,9-11,17H2,1-8H3. The zero-order chi connectivity index (χ0) is 15.1. The van der Waals surface area contributed by atoms with Crippen molar-refractivity contribution in [2.75, 3.05) is 27.6 Å². The highest BCUT2D eigenvalue weighted by Gasteiger charge is 2.34. The normalized spacial score (nSPS) is 14.2. The molecule has 0 aliphatic carbocycles. The second-order valence-corrected chi connectivity index (χ2v) is 19.0. The highest BCUT2D eigenvalue weighted by molar-refractivity contribution is 6.89. The average Bonchev–Trinajstić information content (AvgIpc) is 2.24. The molecule has 116 valence electrons. The van der Waals surface area contributed by atoms with Crippen LogP contribution in [0.2, 0.25) is 45.3 Å². The van der Waals surface area contributed by atoms with Crippen molar-refractivity contribution in [3.8, 4) is 0 Å². The van der Waals surface area contributed by atoms with Gasteiger partial charge < -0.3 is 18.4 Å². The molecule has 0 aliphatic heterocycles. The second kappa shape index (κ2) is 8.71. The first-order chi connectivity index (χ1) is 8.62. The van der Waals surface area contributed by atoms with Crippen molar-refractivity contribution in [2.45, 2.75) is 51.2 Å². The van der Waals surface area contributed by atoms with E-state index in [0.29, 0.717) is 0 Å². The summed E-state index contributed by atoms with van der Waals surface area (Å²) in [5.74, 6) is 0.0358. The monoisotopic (exact) mass is 323 g/mol. The summed E-state index contributed by atoms with van der Waals surface area (Å²) in [4.78, 5) is 0. The fourth-order valence-corrected chi connectivity index (χ4v) is 12.4. The third kappa shape index (κ3) is 8.38. The summed E-state index contributed by atoms with van der Waals surface area (Å²) in [6.07, 6.45) is 0. The smallest absolute Gasteiger partial charge is 0.134 e. The Morgan fingerprint density at radius 3 is 1.79 bits per heavy atom. The molecule has 0 atom stereocenters. The molecule has 7 heteroatoms. The molecule has 0 bridgehead atoms. The van der Waals surface area contributed by atoms with Gasteiger partial charge in [0.05, 0.1) is 16.3 Å². The van der Waals surface area contributed by atoms with Gasteiger partial charge in [-0.2, -0.15) is 0 Å². The van der Waals surface area contributed by atoms with Gasteiger partial charge in [0.1, 0.15) is 22.4 Å². The van der Waals surface area contributed by atoms with Gasteiger partial charge in [-0.3, -0.25) is 0 Å². The highest BCUT2D eigenvalue weighted by atomic mass is 28.4. The minimum atomic E-state index is -1.29. The largest absolute Gasteiger partial charge is 0.368 e. The van der Waals surface area contributed by atoms with Crippen LogP contribution in [0, 0.1) is 0 Å². The Bertz CT molecular complexity index is 223. The molecule has 19 heavy (non-hydrogen) atoms. The maximum absolute atomic E-state index is 5.91. The molecule has 0 N–H and O–H groups in total. The van der Waals surface area contributed by atoms with Crippen LogP contribution in [0.3, 0.4) is 0 Å². The van der Waals surface area contributed by atoms with Crippen molar-refractivity contribution < 1.29 is 14.2 Å². The summed E-state index contributed by atoms with van der Waals surface area (Å²) < 4.78 is 19.0. The first-order valence-electron chi connectivity index (χ1n) is 7.04. The number of hydrogen-bond acceptors (Lipinski definition) is 4. The Morgan fingerprint density at radius 2 is 1.42 bits per heavy atom. The number of ether oxygens (including phenoxy) is 3. The van der Waals surface area contributed by atoms with Gasteiger partial charge in [0.15, 0.2) is 0 Å². The van der Waals surface area contributed by atoms with Gasteiger partial charge in [-0.15, -0.1) is 0 Å². The quantitative estimate of drug-likeness (QED) is 0.350. The summed E-state index contributed by atoms with van der Waals surface area (Å²) in [6, 6.07) is 1.11. The van der Waals surface area contributed by atoms with Crippen LogP contribution in [-0.2, 0) is 14.2 Å². The fraction of sp³-hybridized carbons (Fsp3) is 1.00. The molecule has 0 aromatic carbocycles. The van der Waals surface area contributed by atoms with Crippen LogP contribution in [0.5, 0.6) is 0 Å². The number of nitrogens with zero attached hydrogens (tertiary/aromatic N) is 1. The molecule has 0 rings (SSSR count). The van der Waals surface area contributed by atoms with Crippen LogP contribution in [0.25, 0.3) is 0 Å². The molecule has 0 heterocycles. The molecular weight excluding hydrogens is 290 g/mol. The number of hydrogen-bond donors (Lipinski definition) is 0. The van der Waals surface area contributed by atoms with Crippen molar-refractivity contribution in [3.05, 3.63) is 0 Å². The molecule has 0 aromatic rings. The molecule has 0 unspecified atom stereocenters. The van der Waals surface area contributed by atoms with Crippen LogP contribution in [0.15, 0.2) is 0 Å². The molecule has 0 spiro atoms. The van der Waals surface area contributed by atoms with Crippen LogP contribution in [0.4, 0.5) is 0 Å². The first kappa shape index (κ1) is 19.5. The van der Waals surface area contributed by atoms with Gasteiger partial charge in [0.2, 0.25) is 0 Å². The zero-order valence-corrected chi connectivity index (χ0v) is 17.5. The third-order valence-electron chi connectivity index (χ3n) is 3.09. The predicted octanol–water partition coefficient (Wildman–Crippen LogP) is 2.10. The first-order valence-corrected chi connectivity index (χ1v) is 15.7. The van der Waals surface area contributed by atoms with Gasteiger partial charge in [-0.1, -0.05) is 39.3 Å². The fourth-order valence-electron chi connectivity index (χ4n) is 2.23. The Morgan fingerprint density at radius 1 is 0.947 bits per heavy atom.